The third-order valence-electron chi connectivity index (χ3n) is 5.14. The third-order valence-corrected chi connectivity index (χ3v) is 5.14. The summed E-state index contributed by atoms with van der Waals surface area (Å²) in [6.07, 6.45) is -8.92. The maximum Gasteiger partial charge on any atom is 0.418 e. The number of alkyl halides is 6. The molecule has 0 radical (unpaired) electrons. The monoisotopic (exact) mass is 431 g/mol. The van der Waals surface area contributed by atoms with Gasteiger partial charge in [-0.1, -0.05) is 43.7 Å². The van der Waals surface area contributed by atoms with Crippen LogP contribution in [0, 0.1) is 0 Å². The predicted molar refractivity (Wildman–Crippen MR) is 104 cm³/mol. The molecular weight excluding hydrogens is 408 g/mol. The first-order chi connectivity index (χ1) is 14.0. The first-order valence-electron chi connectivity index (χ1n) is 9.67. The molecule has 164 valence electrons. The lowest BCUT2D eigenvalue weighted by atomic mass is 10.0. The Morgan fingerprint density at radius 3 is 2.27 bits per heavy atom. The van der Waals surface area contributed by atoms with Crippen molar-refractivity contribution in [1.82, 2.24) is 0 Å². The summed E-state index contributed by atoms with van der Waals surface area (Å²) in [5.74, 6) is 0. The highest BCUT2D eigenvalue weighted by molar-refractivity contribution is 5.81. The highest BCUT2D eigenvalue weighted by atomic mass is 19.4. The second-order valence-corrected chi connectivity index (χ2v) is 7.41. The van der Waals surface area contributed by atoms with Gasteiger partial charge in [-0.05, 0) is 30.5 Å². The van der Waals surface area contributed by atoms with E-state index in [1.807, 2.05) is 37.3 Å². The Morgan fingerprint density at radius 1 is 1.03 bits per heavy atom. The Bertz CT molecular complexity index is 864. The van der Waals surface area contributed by atoms with Gasteiger partial charge in [0.25, 0.3) is 0 Å². The summed E-state index contributed by atoms with van der Waals surface area (Å²) >= 11 is 0. The molecular formula is C21H23F6N3. The summed E-state index contributed by atoms with van der Waals surface area (Å²) in [5, 5.41) is 2.84. The number of hydrogen-bond donors (Lipinski definition) is 2. The molecule has 1 heterocycles. The van der Waals surface area contributed by atoms with Gasteiger partial charge < -0.3 is 16.0 Å². The number of rotatable bonds is 6. The van der Waals surface area contributed by atoms with Crippen LogP contribution in [0.25, 0.3) is 0 Å². The molecule has 2 aromatic carbocycles. The zero-order valence-corrected chi connectivity index (χ0v) is 16.3. The van der Waals surface area contributed by atoms with Crippen LogP contribution in [0.2, 0.25) is 0 Å². The number of anilines is 2. The molecule has 1 aliphatic heterocycles. The normalized spacial score (nSPS) is 17.6. The van der Waals surface area contributed by atoms with E-state index >= 15 is 0 Å². The van der Waals surface area contributed by atoms with Crippen molar-refractivity contribution in [3.63, 3.8) is 0 Å². The standard InChI is InChI=1S/C21H23F6N3/c1-2-3-9-30-18-15(21(25,26)27)11-14(20(22,23)24)12-17(18)29-19(30)16(28)10-13-7-5-4-6-8-13/h4-8,11-12,16,19,29H,2-3,9-10,28H2,1H3. The average Bonchev–Trinajstić information content (AvgIpc) is 3.03. The fraction of sp³-hybridized carbons (Fsp3) is 0.429. The third kappa shape index (κ3) is 4.66. The van der Waals surface area contributed by atoms with E-state index in [-0.39, 0.29) is 24.0 Å². The topological polar surface area (TPSA) is 41.3 Å². The summed E-state index contributed by atoms with van der Waals surface area (Å²) in [6, 6.07) is 9.47. The molecule has 2 atom stereocenters. The summed E-state index contributed by atoms with van der Waals surface area (Å²) < 4.78 is 80.9. The van der Waals surface area contributed by atoms with Gasteiger partial charge in [0.2, 0.25) is 0 Å². The van der Waals surface area contributed by atoms with E-state index in [0.717, 1.165) is 11.6 Å². The minimum absolute atomic E-state index is 0.185. The van der Waals surface area contributed by atoms with Crippen LogP contribution in [0.1, 0.15) is 36.5 Å². The highest BCUT2D eigenvalue weighted by Gasteiger charge is 2.45. The molecule has 0 aliphatic carbocycles. The van der Waals surface area contributed by atoms with Gasteiger partial charge in [-0.3, -0.25) is 0 Å². The first kappa shape index (κ1) is 22.3. The second kappa shape index (κ2) is 8.37. The Morgan fingerprint density at radius 2 is 1.70 bits per heavy atom. The van der Waals surface area contributed by atoms with Gasteiger partial charge in [0.05, 0.1) is 22.5 Å². The second-order valence-electron chi connectivity index (χ2n) is 7.41. The molecule has 3 rings (SSSR count). The number of benzene rings is 2. The molecule has 0 amide bonds. The minimum Gasteiger partial charge on any atom is -0.362 e. The SMILES string of the molecule is CCCCN1c2c(cc(C(F)(F)F)cc2C(F)(F)F)NC1C(N)Cc1ccccc1. The predicted octanol–water partition coefficient (Wildman–Crippen LogP) is 5.65. The van der Waals surface area contributed by atoms with Crippen LogP contribution >= 0.6 is 0 Å². The number of nitrogens with zero attached hydrogens (tertiary/aromatic N) is 1. The Balaban J connectivity index is 2.04. The van der Waals surface area contributed by atoms with Crippen LogP contribution < -0.4 is 16.0 Å². The van der Waals surface area contributed by atoms with Crippen LogP contribution in [-0.4, -0.2) is 18.8 Å². The summed E-state index contributed by atoms with van der Waals surface area (Å²) in [4.78, 5) is 1.47. The van der Waals surface area contributed by atoms with E-state index in [1.54, 1.807) is 0 Å². The van der Waals surface area contributed by atoms with Gasteiger partial charge in [0, 0.05) is 12.6 Å². The molecule has 3 N–H and O–H groups in total. The molecule has 0 saturated heterocycles. The number of unbranched alkanes of at least 4 members (excludes halogenated alkanes) is 1. The van der Waals surface area contributed by atoms with E-state index in [0.29, 0.717) is 19.3 Å². The maximum atomic E-state index is 13.7. The van der Waals surface area contributed by atoms with Crippen molar-refractivity contribution in [2.75, 3.05) is 16.8 Å². The van der Waals surface area contributed by atoms with Crippen molar-refractivity contribution in [1.29, 1.82) is 0 Å². The van der Waals surface area contributed by atoms with Gasteiger partial charge >= 0.3 is 12.4 Å². The minimum atomic E-state index is -4.93. The van der Waals surface area contributed by atoms with Gasteiger partial charge in [-0.15, -0.1) is 0 Å². The largest absolute Gasteiger partial charge is 0.418 e. The van der Waals surface area contributed by atoms with Crippen molar-refractivity contribution in [2.45, 2.75) is 50.7 Å². The molecule has 0 spiro atoms. The molecule has 0 bridgehead atoms. The van der Waals surface area contributed by atoms with Crippen LogP contribution in [0.3, 0.4) is 0 Å². The van der Waals surface area contributed by atoms with Crippen LogP contribution in [0.5, 0.6) is 0 Å². The molecule has 30 heavy (non-hydrogen) atoms. The summed E-state index contributed by atoms with van der Waals surface area (Å²) in [5.41, 5.74) is 4.12. The fourth-order valence-electron chi connectivity index (χ4n) is 3.73. The summed E-state index contributed by atoms with van der Waals surface area (Å²) in [7, 11) is 0. The van der Waals surface area contributed by atoms with Gasteiger partial charge in [-0.2, -0.15) is 26.3 Å². The molecule has 0 saturated carbocycles. The molecule has 0 fully saturated rings. The van der Waals surface area contributed by atoms with Gasteiger partial charge in [0.1, 0.15) is 6.17 Å². The molecule has 1 aliphatic rings. The van der Waals surface area contributed by atoms with Crippen molar-refractivity contribution in [2.24, 2.45) is 5.73 Å². The number of halogens is 6. The lowest BCUT2D eigenvalue weighted by molar-refractivity contribution is -0.142. The van der Waals surface area contributed by atoms with E-state index in [2.05, 4.69) is 5.32 Å². The zero-order valence-electron chi connectivity index (χ0n) is 16.3. The lowest BCUT2D eigenvalue weighted by Gasteiger charge is -2.32. The van der Waals surface area contributed by atoms with Crippen LogP contribution in [-0.2, 0) is 18.8 Å². The lowest BCUT2D eigenvalue weighted by Crippen LogP contribution is -2.51. The summed E-state index contributed by atoms with van der Waals surface area (Å²) in [6.45, 7) is 2.14. The van der Waals surface area contributed by atoms with E-state index in [9.17, 15) is 26.3 Å². The zero-order chi connectivity index (χ0) is 22.1. The van der Waals surface area contributed by atoms with E-state index in [4.69, 9.17) is 5.73 Å². The van der Waals surface area contributed by atoms with Crippen LogP contribution in [0.4, 0.5) is 37.7 Å². The van der Waals surface area contributed by atoms with E-state index in [1.165, 1.54) is 4.90 Å². The first-order valence-corrected chi connectivity index (χ1v) is 9.67. The quantitative estimate of drug-likeness (QED) is 0.581. The maximum absolute atomic E-state index is 13.7. The molecule has 9 heteroatoms. The number of fused-ring (bicyclic) bond motifs is 1. The number of nitrogens with two attached hydrogens (primary N) is 1. The Labute approximate surface area is 170 Å². The molecule has 2 aromatic rings. The molecule has 2 unspecified atom stereocenters. The van der Waals surface area contributed by atoms with Crippen molar-refractivity contribution in [3.8, 4) is 0 Å². The van der Waals surface area contributed by atoms with Gasteiger partial charge in [-0.25, -0.2) is 0 Å². The number of hydrogen-bond acceptors (Lipinski definition) is 3. The highest BCUT2D eigenvalue weighted by Crippen LogP contribution is 2.48. The fourth-order valence-corrected chi connectivity index (χ4v) is 3.73. The van der Waals surface area contributed by atoms with Crippen molar-refractivity contribution < 1.29 is 26.3 Å². The van der Waals surface area contributed by atoms with Crippen molar-refractivity contribution >= 4 is 11.4 Å². The Kier molecular flexibility index (Phi) is 6.21. The average molecular weight is 431 g/mol. The molecule has 3 nitrogen and oxygen atoms in total. The van der Waals surface area contributed by atoms with Crippen LogP contribution in [0.15, 0.2) is 42.5 Å². The van der Waals surface area contributed by atoms with Gasteiger partial charge in [0.15, 0.2) is 0 Å². The Hall–Kier alpha value is -2.42. The number of nitrogens with one attached hydrogen (secondary N) is 1. The van der Waals surface area contributed by atoms with E-state index < -0.39 is 35.7 Å². The van der Waals surface area contributed by atoms with Crippen molar-refractivity contribution in [3.05, 3.63) is 59.2 Å². The smallest absolute Gasteiger partial charge is 0.362 e. The molecule has 0 aromatic heterocycles.